The molecule has 6 nitrogen and oxygen atoms in total. The molecule has 3 aromatic rings. The van der Waals surface area contributed by atoms with Crippen molar-refractivity contribution in [1.29, 1.82) is 0 Å². The summed E-state index contributed by atoms with van der Waals surface area (Å²) in [5.41, 5.74) is 2.05. The molecule has 0 unspecified atom stereocenters. The quantitative estimate of drug-likeness (QED) is 0.374. The molecule has 0 spiro atoms. The number of ketones is 1. The van der Waals surface area contributed by atoms with Crippen molar-refractivity contribution in [2.24, 2.45) is 0 Å². The molecule has 2 aromatic carbocycles. The smallest absolute Gasteiger partial charge is 0.265 e. The Labute approximate surface area is 212 Å². The third-order valence-electron chi connectivity index (χ3n) is 4.97. The minimum atomic E-state index is -3.85. The molecule has 0 radical (unpaired) electrons. The molecule has 0 aliphatic carbocycles. The molecule has 11 heteroatoms. The van der Waals surface area contributed by atoms with Crippen molar-refractivity contribution in [2.45, 2.75) is 17.1 Å². The summed E-state index contributed by atoms with van der Waals surface area (Å²) in [4.78, 5) is 39.0. The fourth-order valence-corrected chi connectivity index (χ4v) is 7.01. The summed E-state index contributed by atoms with van der Waals surface area (Å²) in [5.74, 6) is -1.97. The van der Waals surface area contributed by atoms with Crippen LogP contribution in [0, 0.1) is 0 Å². The Morgan fingerprint density at radius 2 is 1.76 bits per heavy atom. The molecule has 0 N–H and O–H groups in total. The van der Waals surface area contributed by atoms with Gasteiger partial charge in [0.2, 0.25) is 5.91 Å². The Morgan fingerprint density at radius 1 is 1.06 bits per heavy atom. The number of hydrogen-bond donors (Lipinski definition) is 0. The van der Waals surface area contributed by atoms with Crippen LogP contribution in [0.3, 0.4) is 0 Å². The average Bonchev–Trinajstić information content (AvgIpc) is 3.09. The molecule has 0 fully saturated rings. The third-order valence-corrected chi connectivity index (χ3v) is 9.57. The number of hydrogen-bond acceptors (Lipinski definition) is 6. The van der Waals surface area contributed by atoms with Crippen molar-refractivity contribution in [2.75, 3.05) is 10.7 Å². The fourth-order valence-electron chi connectivity index (χ4n) is 3.44. The van der Waals surface area contributed by atoms with Gasteiger partial charge in [0.15, 0.2) is 15.6 Å². The lowest BCUT2D eigenvalue weighted by Crippen LogP contribution is -2.42. The van der Waals surface area contributed by atoms with E-state index >= 15 is 0 Å². The van der Waals surface area contributed by atoms with Gasteiger partial charge < -0.3 is 0 Å². The molecule has 1 aliphatic rings. The van der Waals surface area contributed by atoms with Crippen molar-refractivity contribution in [3.8, 4) is 0 Å². The van der Waals surface area contributed by atoms with Crippen LogP contribution in [-0.2, 0) is 32.3 Å². The number of nitrogens with zero attached hydrogens (tertiary/aromatic N) is 1. The van der Waals surface area contributed by atoms with Gasteiger partial charge in [0.1, 0.15) is 14.3 Å². The third kappa shape index (κ3) is 5.07. The Balaban J connectivity index is 1.48. The second-order valence-electron chi connectivity index (χ2n) is 7.34. The maximum absolute atomic E-state index is 12.9. The molecule has 0 bridgehead atoms. The Morgan fingerprint density at radius 3 is 2.39 bits per heavy atom. The minimum Gasteiger partial charge on any atom is -0.298 e. The molecule has 0 saturated carbocycles. The highest BCUT2D eigenvalue weighted by Crippen LogP contribution is 2.35. The van der Waals surface area contributed by atoms with Crippen LogP contribution in [0.2, 0.25) is 9.36 Å². The van der Waals surface area contributed by atoms with Gasteiger partial charge in [-0.2, -0.15) is 0 Å². The van der Waals surface area contributed by atoms with E-state index in [0.717, 1.165) is 20.7 Å². The zero-order valence-electron chi connectivity index (χ0n) is 16.7. The zero-order valence-corrected chi connectivity index (χ0v) is 21.4. The lowest BCUT2D eigenvalue weighted by Gasteiger charge is -2.27. The number of sulfone groups is 1. The number of amides is 2. The molecule has 0 saturated heterocycles. The van der Waals surface area contributed by atoms with Crippen molar-refractivity contribution >= 4 is 83.6 Å². The van der Waals surface area contributed by atoms with Gasteiger partial charge in [-0.05, 0) is 41.5 Å². The average molecular weight is 587 g/mol. The Hall–Kier alpha value is -2.04. The first-order valence-corrected chi connectivity index (χ1v) is 13.5. The van der Waals surface area contributed by atoms with E-state index in [4.69, 9.17) is 23.2 Å². The summed E-state index contributed by atoms with van der Waals surface area (Å²) < 4.78 is 25.7. The molecule has 2 heterocycles. The molecule has 4 rings (SSSR count). The number of carbonyl (C=O) groups excluding carboxylic acids is 3. The summed E-state index contributed by atoms with van der Waals surface area (Å²) in [6, 6.07) is 12.7. The van der Waals surface area contributed by atoms with Crippen LogP contribution in [0.25, 0.3) is 0 Å². The maximum atomic E-state index is 12.9. The van der Waals surface area contributed by atoms with E-state index in [1.807, 2.05) is 0 Å². The van der Waals surface area contributed by atoms with E-state index in [1.165, 1.54) is 6.07 Å². The molecule has 33 heavy (non-hydrogen) atoms. The van der Waals surface area contributed by atoms with E-state index in [9.17, 15) is 22.8 Å². The largest absolute Gasteiger partial charge is 0.298 e. The number of rotatable bonds is 6. The first-order valence-electron chi connectivity index (χ1n) is 9.49. The van der Waals surface area contributed by atoms with Crippen LogP contribution < -0.4 is 4.90 Å². The number of halogens is 3. The maximum Gasteiger partial charge on any atom is 0.265 e. The Bertz CT molecular complexity index is 1380. The minimum absolute atomic E-state index is 0.0600. The van der Waals surface area contributed by atoms with Crippen LogP contribution in [0.15, 0.2) is 57.2 Å². The van der Waals surface area contributed by atoms with Gasteiger partial charge in [-0.15, -0.1) is 11.3 Å². The Kier molecular flexibility index (Phi) is 6.80. The first kappa shape index (κ1) is 24.1. The number of fused-ring (bicyclic) bond motifs is 1. The highest BCUT2D eigenvalue weighted by Gasteiger charge is 2.32. The summed E-state index contributed by atoms with van der Waals surface area (Å²) in [5, 5.41) is 0.125. The SMILES string of the molecule is O=C(Cc1ccc(N2C(=O)Cc3ccc(Br)cc3C2=O)cc1)CS(=O)(=O)c1cc(Cl)c(Cl)s1. The number of Topliss-reactive ketones (excluding diaryl/α,β-unsaturated/α-hetero) is 1. The number of carbonyl (C=O) groups is 3. The molecule has 2 amide bonds. The summed E-state index contributed by atoms with van der Waals surface area (Å²) in [7, 11) is -3.85. The number of imide groups is 1. The molecular weight excluding hydrogens is 573 g/mol. The van der Waals surface area contributed by atoms with Crippen molar-refractivity contribution in [1.82, 2.24) is 0 Å². The molecule has 1 aromatic heterocycles. The van der Waals surface area contributed by atoms with Crippen molar-refractivity contribution < 1.29 is 22.8 Å². The summed E-state index contributed by atoms with van der Waals surface area (Å²) in [6.45, 7) is 0. The zero-order chi connectivity index (χ0) is 23.9. The predicted molar refractivity (Wildman–Crippen MR) is 131 cm³/mol. The number of anilines is 1. The van der Waals surface area contributed by atoms with E-state index in [1.54, 1.807) is 42.5 Å². The van der Waals surface area contributed by atoms with E-state index in [-0.39, 0.29) is 32.3 Å². The van der Waals surface area contributed by atoms with Gasteiger partial charge in [-0.1, -0.05) is 57.3 Å². The molecular formula is C22H14BrCl2NO5S2. The van der Waals surface area contributed by atoms with Crippen molar-refractivity contribution in [3.63, 3.8) is 0 Å². The number of benzene rings is 2. The highest BCUT2D eigenvalue weighted by atomic mass is 79.9. The molecule has 1 aliphatic heterocycles. The van der Waals surface area contributed by atoms with Gasteiger partial charge in [0.05, 0.1) is 17.1 Å². The summed E-state index contributed by atoms with van der Waals surface area (Å²) in [6.07, 6.45) is -0.0206. The van der Waals surface area contributed by atoms with E-state index < -0.39 is 27.3 Å². The lowest BCUT2D eigenvalue weighted by atomic mass is 9.98. The number of thiophene rings is 1. The first-order chi connectivity index (χ1) is 15.5. The molecule has 0 atom stereocenters. The standard InChI is InChI=1S/C22H14BrCl2NO5S2/c23-14-4-3-13-8-19(28)26(22(29)17(13)9-14)15-5-1-12(2-6-15)7-16(27)11-33(30,31)20-10-18(24)21(25)32-20/h1-6,9-10H,7-8,11H2. The predicted octanol–water partition coefficient (Wildman–Crippen LogP) is 5.13. The van der Waals surface area contributed by atoms with Crippen LogP contribution in [-0.4, -0.2) is 31.8 Å². The van der Waals surface area contributed by atoms with Gasteiger partial charge in [-0.25, -0.2) is 13.3 Å². The van der Waals surface area contributed by atoms with Gasteiger partial charge in [-0.3, -0.25) is 14.4 Å². The normalized spacial score (nSPS) is 13.8. The van der Waals surface area contributed by atoms with Crippen LogP contribution in [0.4, 0.5) is 5.69 Å². The van der Waals surface area contributed by atoms with Crippen LogP contribution in [0.1, 0.15) is 21.5 Å². The van der Waals surface area contributed by atoms with Crippen LogP contribution in [0.5, 0.6) is 0 Å². The topological polar surface area (TPSA) is 88.6 Å². The van der Waals surface area contributed by atoms with Crippen LogP contribution >= 0.6 is 50.5 Å². The van der Waals surface area contributed by atoms with E-state index in [0.29, 0.717) is 22.4 Å². The van der Waals surface area contributed by atoms with Crippen molar-refractivity contribution in [3.05, 3.63) is 79.1 Å². The van der Waals surface area contributed by atoms with E-state index in [2.05, 4.69) is 15.9 Å². The molecule has 170 valence electrons. The monoisotopic (exact) mass is 585 g/mol. The second-order valence-corrected chi connectivity index (χ2v) is 12.5. The lowest BCUT2D eigenvalue weighted by molar-refractivity contribution is -0.118. The van der Waals surface area contributed by atoms with Gasteiger partial charge in [0, 0.05) is 16.5 Å². The fraction of sp³-hybridized carbons (Fsp3) is 0.136. The second kappa shape index (κ2) is 9.31. The highest BCUT2D eigenvalue weighted by molar-refractivity contribution is 9.10. The summed E-state index contributed by atoms with van der Waals surface area (Å²) >= 11 is 15.8. The van der Waals surface area contributed by atoms with Gasteiger partial charge in [0.25, 0.3) is 5.91 Å². The van der Waals surface area contributed by atoms with Gasteiger partial charge >= 0.3 is 0 Å².